The van der Waals surface area contributed by atoms with Gasteiger partial charge in [0.2, 0.25) is 0 Å². The third-order valence-corrected chi connectivity index (χ3v) is 5.27. The molecule has 0 N–H and O–H groups in total. The van der Waals surface area contributed by atoms with Gasteiger partial charge in [-0.2, -0.15) is 0 Å². The van der Waals surface area contributed by atoms with Crippen LogP contribution in [0.15, 0.2) is 56.2 Å². The number of aldehydes is 1. The summed E-state index contributed by atoms with van der Waals surface area (Å²) in [4.78, 5) is 13.5. The summed E-state index contributed by atoms with van der Waals surface area (Å²) in [7, 11) is 0. The first-order valence-electron chi connectivity index (χ1n) is 5.58. The number of hydrogen-bond acceptors (Lipinski definition) is 3. The van der Waals surface area contributed by atoms with Gasteiger partial charge in [-0.05, 0) is 28.7 Å². The fraction of sp³-hybridized carbons (Fsp3) is 0.214. The fourth-order valence-electron chi connectivity index (χ4n) is 2.20. The molecule has 0 aromatic heterocycles. The standard InChI is InChI=1S/C14H12OS2/c1-9-3-2-4-12-13(9)14-11(8-16-12)5-10(6-15)7-17-14/h2-6,8-9H,7H2,1H3. The summed E-state index contributed by atoms with van der Waals surface area (Å²) in [6, 6.07) is 0. The van der Waals surface area contributed by atoms with Crippen molar-refractivity contribution in [2.45, 2.75) is 6.92 Å². The number of hydrogen-bond donors (Lipinski definition) is 0. The molecule has 2 heterocycles. The van der Waals surface area contributed by atoms with Gasteiger partial charge in [0.15, 0.2) is 0 Å². The number of allylic oxidation sites excluding steroid dienone is 6. The van der Waals surface area contributed by atoms with Crippen molar-refractivity contribution >= 4 is 29.8 Å². The van der Waals surface area contributed by atoms with Gasteiger partial charge in [-0.1, -0.05) is 30.8 Å². The third-order valence-electron chi connectivity index (χ3n) is 3.06. The summed E-state index contributed by atoms with van der Waals surface area (Å²) in [5.74, 6) is 1.27. The van der Waals surface area contributed by atoms with Crippen molar-refractivity contribution in [3.63, 3.8) is 0 Å². The van der Waals surface area contributed by atoms with Crippen LogP contribution in [0, 0.1) is 5.92 Å². The summed E-state index contributed by atoms with van der Waals surface area (Å²) in [5.41, 5.74) is 3.53. The zero-order valence-corrected chi connectivity index (χ0v) is 11.1. The summed E-state index contributed by atoms with van der Waals surface area (Å²) >= 11 is 3.56. The molecule has 3 rings (SSSR count). The van der Waals surface area contributed by atoms with E-state index >= 15 is 0 Å². The average Bonchev–Trinajstić information content (AvgIpc) is 2.38. The van der Waals surface area contributed by atoms with Crippen LogP contribution in [0.2, 0.25) is 0 Å². The van der Waals surface area contributed by atoms with E-state index in [0.717, 1.165) is 17.6 Å². The van der Waals surface area contributed by atoms with E-state index < -0.39 is 0 Å². The van der Waals surface area contributed by atoms with Crippen molar-refractivity contribution in [2.24, 2.45) is 5.92 Å². The minimum absolute atomic E-state index is 0.472. The molecule has 0 spiro atoms. The zero-order valence-electron chi connectivity index (χ0n) is 9.47. The monoisotopic (exact) mass is 260 g/mol. The summed E-state index contributed by atoms with van der Waals surface area (Å²) < 4.78 is 0. The molecule has 17 heavy (non-hydrogen) atoms. The minimum Gasteiger partial charge on any atom is -0.298 e. The molecule has 1 atom stereocenters. The molecule has 0 fully saturated rings. The molecule has 0 amide bonds. The number of thioether (sulfide) groups is 2. The SMILES string of the molecule is CC1C=CC=C2SC=C3C=C(C=O)CSC3=C21. The minimum atomic E-state index is 0.472. The van der Waals surface area contributed by atoms with Crippen LogP contribution >= 0.6 is 23.5 Å². The maximum absolute atomic E-state index is 10.8. The van der Waals surface area contributed by atoms with E-state index in [1.54, 1.807) is 23.5 Å². The molecule has 1 unspecified atom stereocenters. The van der Waals surface area contributed by atoms with Gasteiger partial charge in [0, 0.05) is 27.1 Å². The van der Waals surface area contributed by atoms with E-state index in [1.807, 2.05) is 6.08 Å². The molecule has 2 aliphatic heterocycles. The molecule has 0 saturated carbocycles. The topological polar surface area (TPSA) is 17.1 Å². The van der Waals surface area contributed by atoms with Gasteiger partial charge >= 0.3 is 0 Å². The smallest absolute Gasteiger partial charge is 0.146 e. The first-order chi connectivity index (χ1) is 8.29. The van der Waals surface area contributed by atoms with Crippen LogP contribution in [0.4, 0.5) is 0 Å². The molecular formula is C14H12OS2. The van der Waals surface area contributed by atoms with E-state index in [9.17, 15) is 4.79 Å². The average molecular weight is 260 g/mol. The Morgan fingerprint density at radius 1 is 1.47 bits per heavy atom. The predicted molar refractivity (Wildman–Crippen MR) is 75.7 cm³/mol. The second kappa shape index (κ2) is 4.39. The lowest BCUT2D eigenvalue weighted by Crippen LogP contribution is -2.11. The Morgan fingerprint density at radius 3 is 3.18 bits per heavy atom. The molecule has 3 aliphatic rings. The van der Waals surface area contributed by atoms with Gasteiger partial charge in [0.25, 0.3) is 0 Å². The molecule has 1 aliphatic carbocycles. The number of rotatable bonds is 1. The third kappa shape index (κ3) is 1.87. The molecule has 0 saturated heterocycles. The highest BCUT2D eigenvalue weighted by Crippen LogP contribution is 2.48. The van der Waals surface area contributed by atoms with Gasteiger partial charge in [-0.3, -0.25) is 4.79 Å². The van der Waals surface area contributed by atoms with Gasteiger partial charge < -0.3 is 0 Å². The number of carbonyl (C=O) groups excluding carboxylic acids is 1. The van der Waals surface area contributed by atoms with Gasteiger partial charge in [0.05, 0.1) is 0 Å². The highest BCUT2D eigenvalue weighted by atomic mass is 32.2. The van der Waals surface area contributed by atoms with E-state index in [2.05, 4.69) is 30.6 Å². The van der Waals surface area contributed by atoms with Gasteiger partial charge in [-0.15, -0.1) is 11.8 Å². The predicted octanol–water partition coefficient (Wildman–Crippen LogP) is 3.83. The lowest BCUT2D eigenvalue weighted by atomic mass is 9.93. The summed E-state index contributed by atoms with van der Waals surface area (Å²) in [6.45, 7) is 2.23. The van der Waals surface area contributed by atoms with Crippen LogP contribution < -0.4 is 0 Å². The van der Waals surface area contributed by atoms with Crippen molar-refractivity contribution in [1.82, 2.24) is 0 Å². The molecule has 0 radical (unpaired) electrons. The van der Waals surface area contributed by atoms with Crippen LogP contribution in [0.3, 0.4) is 0 Å². The van der Waals surface area contributed by atoms with Crippen LogP contribution in [0.25, 0.3) is 0 Å². The van der Waals surface area contributed by atoms with Crippen LogP contribution in [-0.2, 0) is 4.79 Å². The maximum Gasteiger partial charge on any atom is 0.146 e. The maximum atomic E-state index is 10.8. The lowest BCUT2D eigenvalue weighted by molar-refractivity contribution is -0.104. The second-order valence-electron chi connectivity index (χ2n) is 4.26. The Bertz CT molecular complexity index is 532. The molecule has 0 aromatic carbocycles. The summed E-state index contributed by atoms with van der Waals surface area (Å²) in [5, 5.41) is 2.16. The largest absolute Gasteiger partial charge is 0.298 e. The lowest BCUT2D eigenvalue weighted by Gasteiger charge is -2.28. The van der Waals surface area contributed by atoms with E-state index in [4.69, 9.17) is 0 Å². The van der Waals surface area contributed by atoms with Crippen molar-refractivity contribution in [1.29, 1.82) is 0 Å². The van der Waals surface area contributed by atoms with E-state index in [0.29, 0.717) is 5.92 Å². The highest BCUT2D eigenvalue weighted by Gasteiger charge is 2.26. The Kier molecular flexibility index (Phi) is 2.89. The van der Waals surface area contributed by atoms with E-state index in [1.165, 1.54) is 21.0 Å². The Morgan fingerprint density at radius 2 is 2.35 bits per heavy atom. The molecule has 86 valence electrons. The fourth-order valence-corrected chi connectivity index (χ4v) is 4.55. The molecular weight excluding hydrogens is 248 g/mol. The van der Waals surface area contributed by atoms with Gasteiger partial charge in [0.1, 0.15) is 6.29 Å². The first kappa shape index (κ1) is 11.2. The van der Waals surface area contributed by atoms with Crippen molar-refractivity contribution in [2.75, 3.05) is 5.75 Å². The normalized spacial score (nSPS) is 26.6. The van der Waals surface area contributed by atoms with Crippen LogP contribution in [-0.4, -0.2) is 12.0 Å². The zero-order chi connectivity index (χ0) is 11.8. The molecule has 0 bridgehead atoms. The molecule has 1 nitrogen and oxygen atoms in total. The Hall–Kier alpha value is -0.930. The quantitative estimate of drug-likeness (QED) is 0.667. The molecule has 0 aromatic rings. The second-order valence-corrected chi connectivity index (χ2v) is 6.16. The van der Waals surface area contributed by atoms with Crippen molar-refractivity contribution in [3.8, 4) is 0 Å². The Balaban J connectivity index is 2.10. The molecule has 3 heteroatoms. The number of fused-ring (bicyclic) bond motifs is 2. The van der Waals surface area contributed by atoms with Gasteiger partial charge in [-0.25, -0.2) is 0 Å². The van der Waals surface area contributed by atoms with Crippen LogP contribution in [0.5, 0.6) is 0 Å². The number of carbonyl (C=O) groups is 1. The van der Waals surface area contributed by atoms with E-state index in [-0.39, 0.29) is 0 Å². The Labute approximate surface area is 109 Å². The summed E-state index contributed by atoms with van der Waals surface area (Å²) in [6.07, 6.45) is 9.54. The van der Waals surface area contributed by atoms with Crippen LogP contribution in [0.1, 0.15) is 6.92 Å². The van der Waals surface area contributed by atoms with Crippen molar-refractivity contribution < 1.29 is 4.79 Å². The van der Waals surface area contributed by atoms with Crippen molar-refractivity contribution in [3.05, 3.63) is 56.2 Å². The highest BCUT2D eigenvalue weighted by molar-refractivity contribution is 8.07. The first-order valence-corrected chi connectivity index (χ1v) is 7.45.